The maximum atomic E-state index is 11.5. The van der Waals surface area contributed by atoms with Gasteiger partial charge in [0.15, 0.2) is 0 Å². The quantitative estimate of drug-likeness (QED) is 0.348. The Bertz CT molecular complexity index is 440. The third-order valence-corrected chi connectivity index (χ3v) is 2.94. The first-order valence-corrected chi connectivity index (χ1v) is 5.60. The lowest BCUT2D eigenvalue weighted by Gasteiger charge is -2.23. The van der Waals surface area contributed by atoms with Crippen LogP contribution in [0.5, 0.6) is 5.75 Å². The molecule has 2 rings (SSSR count). The average Bonchev–Trinajstić information content (AvgIpc) is 2.24. The van der Waals surface area contributed by atoms with Crippen molar-refractivity contribution in [2.75, 3.05) is 0 Å². The summed E-state index contributed by atoms with van der Waals surface area (Å²) in [6.45, 7) is 0. The molecule has 0 saturated heterocycles. The van der Waals surface area contributed by atoms with Crippen molar-refractivity contribution in [3.63, 3.8) is 0 Å². The van der Waals surface area contributed by atoms with Crippen molar-refractivity contribution in [2.24, 2.45) is 5.92 Å². The largest absolute Gasteiger partial charge is 0.426 e. The van der Waals surface area contributed by atoms with Crippen LogP contribution in [0.1, 0.15) is 25.7 Å². The van der Waals surface area contributed by atoms with Crippen LogP contribution in [0.15, 0.2) is 24.3 Å². The fourth-order valence-electron chi connectivity index (χ4n) is 1.77. The summed E-state index contributed by atoms with van der Waals surface area (Å²) >= 11 is 0. The van der Waals surface area contributed by atoms with Crippen LogP contribution < -0.4 is 4.74 Å². The number of non-ortho nitro benzene ring substituents is 1. The van der Waals surface area contributed by atoms with E-state index >= 15 is 0 Å². The Kier molecular flexibility index (Phi) is 3.37. The van der Waals surface area contributed by atoms with E-state index in [0.29, 0.717) is 12.3 Å². The molecule has 1 aliphatic rings. The van der Waals surface area contributed by atoms with Crippen LogP contribution in [0, 0.1) is 16.0 Å². The molecule has 0 unspecified atom stereocenters. The second-order valence-electron chi connectivity index (χ2n) is 4.23. The zero-order valence-corrected chi connectivity index (χ0v) is 9.30. The highest BCUT2D eigenvalue weighted by molar-refractivity contribution is 5.73. The smallest absolute Gasteiger partial charge is 0.311 e. The van der Waals surface area contributed by atoms with Crippen LogP contribution in [0.25, 0.3) is 0 Å². The summed E-state index contributed by atoms with van der Waals surface area (Å²) in [6, 6.07) is 5.68. The van der Waals surface area contributed by atoms with E-state index < -0.39 is 4.92 Å². The second-order valence-corrected chi connectivity index (χ2v) is 4.23. The van der Waals surface area contributed by atoms with Gasteiger partial charge in [0, 0.05) is 12.5 Å². The standard InChI is InChI=1S/C12H13NO4/c14-12(7-9-3-1-4-9)17-11-6-2-5-10(8-11)13(15)16/h2,5-6,8-9H,1,3-4,7H2. The molecule has 17 heavy (non-hydrogen) atoms. The van der Waals surface area contributed by atoms with Gasteiger partial charge in [-0.05, 0) is 24.8 Å². The van der Waals surface area contributed by atoms with Gasteiger partial charge in [0.2, 0.25) is 0 Å². The first-order valence-electron chi connectivity index (χ1n) is 5.60. The summed E-state index contributed by atoms with van der Waals surface area (Å²) < 4.78 is 5.07. The van der Waals surface area contributed by atoms with Crippen LogP contribution in [0.2, 0.25) is 0 Å². The second kappa shape index (κ2) is 4.95. The van der Waals surface area contributed by atoms with Crippen molar-refractivity contribution in [3.05, 3.63) is 34.4 Å². The van der Waals surface area contributed by atoms with E-state index in [-0.39, 0.29) is 17.4 Å². The summed E-state index contributed by atoms with van der Waals surface area (Å²) in [7, 11) is 0. The fraction of sp³-hybridized carbons (Fsp3) is 0.417. The highest BCUT2D eigenvalue weighted by Crippen LogP contribution is 2.30. The third kappa shape index (κ3) is 3.03. The Labute approximate surface area is 98.5 Å². The van der Waals surface area contributed by atoms with Crippen molar-refractivity contribution >= 4 is 11.7 Å². The monoisotopic (exact) mass is 235 g/mol. The summed E-state index contributed by atoms with van der Waals surface area (Å²) in [5.41, 5.74) is -0.0704. The van der Waals surface area contributed by atoms with Crippen LogP contribution in [-0.2, 0) is 4.79 Å². The maximum absolute atomic E-state index is 11.5. The van der Waals surface area contributed by atoms with E-state index in [2.05, 4.69) is 0 Å². The molecule has 1 aromatic carbocycles. The number of hydrogen-bond donors (Lipinski definition) is 0. The first kappa shape index (κ1) is 11.6. The Morgan fingerprint density at radius 2 is 2.24 bits per heavy atom. The zero-order chi connectivity index (χ0) is 12.3. The summed E-state index contributed by atoms with van der Waals surface area (Å²) in [5, 5.41) is 10.5. The van der Waals surface area contributed by atoms with Crippen molar-refractivity contribution in [1.82, 2.24) is 0 Å². The van der Waals surface area contributed by atoms with E-state index in [1.165, 1.54) is 24.6 Å². The molecule has 0 aliphatic heterocycles. The number of nitro groups is 1. The van der Waals surface area contributed by atoms with Gasteiger partial charge >= 0.3 is 5.97 Å². The first-order chi connectivity index (χ1) is 8.15. The molecular weight excluding hydrogens is 222 g/mol. The van der Waals surface area contributed by atoms with Crippen LogP contribution >= 0.6 is 0 Å². The topological polar surface area (TPSA) is 69.4 Å². The zero-order valence-electron chi connectivity index (χ0n) is 9.30. The van der Waals surface area contributed by atoms with Crippen LogP contribution in [0.4, 0.5) is 5.69 Å². The Hall–Kier alpha value is -1.91. The van der Waals surface area contributed by atoms with Gasteiger partial charge in [-0.1, -0.05) is 12.5 Å². The highest BCUT2D eigenvalue weighted by atomic mass is 16.6. The van der Waals surface area contributed by atoms with E-state index in [9.17, 15) is 14.9 Å². The van der Waals surface area contributed by atoms with Gasteiger partial charge in [-0.2, -0.15) is 0 Å². The lowest BCUT2D eigenvalue weighted by atomic mass is 9.83. The molecule has 5 heteroatoms. The number of esters is 1. The van der Waals surface area contributed by atoms with Crippen molar-refractivity contribution < 1.29 is 14.5 Å². The van der Waals surface area contributed by atoms with E-state index in [1.54, 1.807) is 6.07 Å². The number of rotatable bonds is 4. The fourth-order valence-corrected chi connectivity index (χ4v) is 1.77. The van der Waals surface area contributed by atoms with E-state index in [4.69, 9.17) is 4.74 Å². The normalized spacial score (nSPS) is 15.1. The molecule has 0 atom stereocenters. The van der Waals surface area contributed by atoms with Crippen molar-refractivity contribution in [2.45, 2.75) is 25.7 Å². The van der Waals surface area contributed by atoms with Gasteiger partial charge in [-0.25, -0.2) is 0 Å². The molecule has 0 spiro atoms. The minimum Gasteiger partial charge on any atom is -0.426 e. The molecule has 0 heterocycles. The van der Waals surface area contributed by atoms with Gasteiger partial charge in [0.1, 0.15) is 5.75 Å². The number of ether oxygens (including phenoxy) is 1. The predicted molar refractivity (Wildman–Crippen MR) is 60.7 cm³/mol. The van der Waals surface area contributed by atoms with Crippen molar-refractivity contribution in [3.8, 4) is 5.75 Å². The molecule has 1 fully saturated rings. The van der Waals surface area contributed by atoms with Gasteiger partial charge in [-0.3, -0.25) is 14.9 Å². The molecule has 0 aromatic heterocycles. The van der Waals surface area contributed by atoms with Crippen LogP contribution in [-0.4, -0.2) is 10.9 Å². The van der Waals surface area contributed by atoms with Gasteiger partial charge in [-0.15, -0.1) is 0 Å². The molecule has 1 aromatic rings. The third-order valence-electron chi connectivity index (χ3n) is 2.94. The number of carbonyl (C=O) groups is 1. The van der Waals surface area contributed by atoms with E-state index in [0.717, 1.165) is 12.8 Å². The predicted octanol–water partition coefficient (Wildman–Crippen LogP) is 2.69. The summed E-state index contributed by atoms with van der Waals surface area (Å²) in [4.78, 5) is 21.5. The molecule has 0 radical (unpaired) electrons. The summed E-state index contributed by atoms with van der Waals surface area (Å²) in [6.07, 6.45) is 3.73. The molecule has 1 aliphatic carbocycles. The van der Waals surface area contributed by atoms with Crippen LogP contribution in [0.3, 0.4) is 0 Å². The Balaban J connectivity index is 1.95. The van der Waals surface area contributed by atoms with Gasteiger partial charge < -0.3 is 4.74 Å². The molecule has 0 N–H and O–H groups in total. The lowest BCUT2D eigenvalue weighted by molar-refractivity contribution is -0.384. The number of carbonyl (C=O) groups excluding carboxylic acids is 1. The number of hydrogen-bond acceptors (Lipinski definition) is 4. The van der Waals surface area contributed by atoms with E-state index in [1.807, 2.05) is 0 Å². The van der Waals surface area contributed by atoms with Crippen molar-refractivity contribution in [1.29, 1.82) is 0 Å². The van der Waals surface area contributed by atoms with Gasteiger partial charge in [0.05, 0.1) is 11.0 Å². The Morgan fingerprint density at radius 3 is 2.82 bits per heavy atom. The molecule has 0 amide bonds. The average molecular weight is 235 g/mol. The molecule has 1 saturated carbocycles. The number of benzene rings is 1. The molecule has 5 nitrogen and oxygen atoms in total. The Morgan fingerprint density at radius 1 is 1.47 bits per heavy atom. The highest BCUT2D eigenvalue weighted by Gasteiger charge is 2.22. The molecular formula is C12H13NO4. The molecule has 90 valence electrons. The maximum Gasteiger partial charge on any atom is 0.311 e. The van der Waals surface area contributed by atoms with Gasteiger partial charge in [0.25, 0.3) is 5.69 Å². The minimum atomic E-state index is -0.511. The number of nitro benzene ring substituents is 1. The SMILES string of the molecule is O=C(CC1CCC1)Oc1cccc([N+](=O)[O-])c1. The minimum absolute atomic E-state index is 0.0704. The summed E-state index contributed by atoms with van der Waals surface area (Å²) in [5.74, 6) is 0.361. The lowest BCUT2D eigenvalue weighted by Crippen LogP contribution is -2.19. The molecule has 0 bridgehead atoms. The number of nitrogens with zero attached hydrogens (tertiary/aromatic N) is 1.